The SMILES string of the molecule is CCC(O)(CC)CNc1cn[nH]c(=O)c1Cl. The summed E-state index contributed by atoms with van der Waals surface area (Å²) in [7, 11) is 0. The van der Waals surface area contributed by atoms with Gasteiger partial charge in [-0.05, 0) is 12.8 Å². The molecule has 1 heterocycles. The van der Waals surface area contributed by atoms with Crippen LogP contribution in [0.4, 0.5) is 5.69 Å². The van der Waals surface area contributed by atoms with E-state index in [-0.39, 0.29) is 5.02 Å². The molecule has 90 valence electrons. The Bertz CT molecular complexity index is 401. The number of aromatic nitrogens is 2. The van der Waals surface area contributed by atoms with E-state index in [1.807, 2.05) is 13.8 Å². The molecule has 0 atom stereocenters. The van der Waals surface area contributed by atoms with Gasteiger partial charge in [0, 0.05) is 6.54 Å². The Morgan fingerprint density at radius 1 is 1.56 bits per heavy atom. The van der Waals surface area contributed by atoms with Crippen molar-refractivity contribution in [2.24, 2.45) is 0 Å². The molecule has 0 fully saturated rings. The van der Waals surface area contributed by atoms with E-state index in [2.05, 4.69) is 15.5 Å². The van der Waals surface area contributed by atoms with Crippen molar-refractivity contribution in [2.45, 2.75) is 32.3 Å². The van der Waals surface area contributed by atoms with Crippen LogP contribution in [0.3, 0.4) is 0 Å². The van der Waals surface area contributed by atoms with Crippen LogP contribution in [0, 0.1) is 0 Å². The summed E-state index contributed by atoms with van der Waals surface area (Å²) in [6.07, 6.45) is 2.69. The van der Waals surface area contributed by atoms with Gasteiger partial charge in [0.2, 0.25) is 0 Å². The molecular weight excluding hydrogens is 230 g/mol. The molecular formula is C10H16ClN3O2. The molecule has 0 radical (unpaired) electrons. The van der Waals surface area contributed by atoms with Crippen molar-refractivity contribution < 1.29 is 5.11 Å². The molecule has 5 nitrogen and oxygen atoms in total. The van der Waals surface area contributed by atoms with Gasteiger partial charge in [-0.3, -0.25) is 4.79 Å². The molecule has 6 heteroatoms. The highest BCUT2D eigenvalue weighted by Crippen LogP contribution is 2.19. The Labute approximate surface area is 98.8 Å². The number of H-pyrrole nitrogens is 1. The van der Waals surface area contributed by atoms with E-state index in [1.165, 1.54) is 6.20 Å². The minimum absolute atomic E-state index is 0.0598. The zero-order valence-electron chi connectivity index (χ0n) is 9.38. The van der Waals surface area contributed by atoms with Crippen LogP contribution in [0.5, 0.6) is 0 Å². The van der Waals surface area contributed by atoms with Crippen LogP contribution in [0.1, 0.15) is 26.7 Å². The summed E-state index contributed by atoms with van der Waals surface area (Å²) in [5.74, 6) is 0. The Hall–Kier alpha value is -1.07. The van der Waals surface area contributed by atoms with Crippen molar-refractivity contribution in [3.63, 3.8) is 0 Å². The van der Waals surface area contributed by atoms with E-state index in [0.717, 1.165) is 0 Å². The third-order valence-electron chi connectivity index (χ3n) is 2.72. The molecule has 0 amide bonds. The first-order valence-electron chi connectivity index (χ1n) is 5.22. The molecule has 0 saturated heterocycles. The molecule has 16 heavy (non-hydrogen) atoms. The van der Waals surface area contributed by atoms with Gasteiger partial charge >= 0.3 is 0 Å². The lowest BCUT2D eigenvalue weighted by atomic mass is 9.97. The molecule has 0 aliphatic rings. The van der Waals surface area contributed by atoms with Crippen molar-refractivity contribution in [3.05, 3.63) is 21.6 Å². The number of anilines is 1. The van der Waals surface area contributed by atoms with Gasteiger partial charge in [0.05, 0.1) is 17.5 Å². The van der Waals surface area contributed by atoms with E-state index in [1.54, 1.807) is 0 Å². The fourth-order valence-electron chi connectivity index (χ4n) is 1.27. The average Bonchev–Trinajstić information content (AvgIpc) is 2.31. The maximum atomic E-state index is 11.2. The van der Waals surface area contributed by atoms with Gasteiger partial charge in [-0.1, -0.05) is 25.4 Å². The van der Waals surface area contributed by atoms with Gasteiger partial charge in [-0.25, -0.2) is 5.10 Å². The highest BCUT2D eigenvalue weighted by atomic mass is 35.5. The standard InChI is InChI=1S/C10H16ClN3O2/c1-3-10(16,4-2)6-12-7-5-13-14-9(15)8(7)11/h5,16H,3-4,6H2,1-2H3,(H2,12,14,15). The van der Waals surface area contributed by atoms with Crippen LogP contribution >= 0.6 is 11.6 Å². The predicted octanol–water partition coefficient (Wildman–Crippen LogP) is 1.39. The lowest BCUT2D eigenvalue weighted by Crippen LogP contribution is -2.35. The second-order valence-electron chi connectivity index (χ2n) is 3.71. The van der Waals surface area contributed by atoms with Crippen LogP contribution in [0.2, 0.25) is 5.02 Å². The number of aromatic amines is 1. The Balaban J connectivity index is 2.75. The van der Waals surface area contributed by atoms with Gasteiger partial charge in [-0.15, -0.1) is 0 Å². The van der Waals surface area contributed by atoms with E-state index >= 15 is 0 Å². The van der Waals surface area contributed by atoms with E-state index in [4.69, 9.17) is 11.6 Å². The largest absolute Gasteiger partial charge is 0.388 e. The zero-order chi connectivity index (χ0) is 12.2. The minimum Gasteiger partial charge on any atom is -0.388 e. The fraction of sp³-hybridized carbons (Fsp3) is 0.600. The topological polar surface area (TPSA) is 78.0 Å². The number of hydrogen-bond donors (Lipinski definition) is 3. The molecule has 0 bridgehead atoms. The summed E-state index contributed by atoms with van der Waals surface area (Å²) < 4.78 is 0. The molecule has 0 unspecified atom stereocenters. The van der Waals surface area contributed by atoms with Crippen molar-refractivity contribution >= 4 is 17.3 Å². The summed E-state index contributed by atoms with van der Waals surface area (Å²) in [5, 5.41) is 18.9. The van der Waals surface area contributed by atoms with Crippen LogP contribution in [0.15, 0.2) is 11.0 Å². The van der Waals surface area contributed by atoms with Gasteiger partial charge in [0.1, 0.15) is 5.02 Å². The highest BCUT2D eigenvalue weighted by molar-refractivity contribution is 6.32. The minimum atomic E-state index is -0.786. The molecule has 1 rings (SSSR count). The quantitative estimate of drug-likeness (QED) is 0.733. The van der Waals surface area contributed by atoms with Crippen LogP contribution in [-0.4, -0.2) is 27.4 Å². The molecule has 0 aliphatic carbocycles. The molecule has 0 spiro atoms. The molecule has 3 N–H and O–H groups in total. The predicted molar refractivity (Wildman–Crippen MR) is 63.9 cm³/mol. The first-order chi connectivity index (χ1) is 7.52. The van der Waals surface area contributed by atoms with Crippen LogP contribution in [0.25, 0.3) is 0 Å². The number of rotatable bonds is 5. The van der Waals surface area contributed by atoms with Gasteiger partial charge in [0.15, 0.2) is 0 Å². The third kappa shape index (κ3) is 2.96. The normalized spacial score (nSPS) is 11.5. The summed E-state index contributed by atoms with van der Waals surface area (Å²) in [6, 6.07) is 0. The first-order valence-corrected chi connectivity index (χ1v) is 5.59. The fourth-order valence-corrected chi connectivity index (χ4v) is 1.42. The van der Waals surface area contributed by atoms with Crippen molar-refractivity contribution in [2.75, 3.05) is 11.9 Å². The van der Waals surface area contributed by atoms with E-state index < -0.39 is 11.2 Å². The summed E-state index contributed by atoms with van der Waals surface area (Å²) in [6.45, 7) is 4.15. The summed E-state index contributed by atoms with van der Waals surface area (Å²) >= 11 is 5.78. The van der Waals surface area contributed by atoms with Crippen LogP contribution in [-0.2, 0) is 0 Å². The molecule has 0 aromatic carbocycles. The van der Waals surface area contributed by atoms with Gasteiger partial charge in [0.25, 0.3) is 5.56 Å². The Morgan fingerprint density at radius 3 is 2.75 bits per heavy atom. The Kier molecular flexibility index (Phi) is 4.32. The van der Waals surface area contributed by atoms with E-state index in [0.29, 0.717) is 25.1 Å². The van der Waals surface area contributed by atoms with Crippen molar-refractivity contribution in [1.82, 2.24) is 10.2 Å². The Morgan fingerprint density at radius 2 is 2.19 bits per heavy atom. The monoisotopic (exact) mass is 245 g/mol. The molecule has 0 aliphatic heterocycles. The van der Waals surface area contributed by atoms with Gasteiger partial charge < -0.3 is 10.4 Å². The van der Waals surface area contributed by atoms with Crippen LogP contribution < -0.4 is 10.9 Å². The van der Waals surface area contributed by atoms with Crippen molar-refractivity contribution in [3.8, 4) is 0 Å². The van der Waals surface area contributed by atoms with E-state index in [9.17, 15) is 9.90 Å². The average molecular weight is 246 g/mol. The highest BCUT2D eigenvalue weighted by Gasteiger charge is 2.22. The number of halogens is 1. The second kappa shape index (κ2) is 5.32. The van der Waals surface area contributed by atoms with Gasteiger partial charge in [-0.2, -0.15) is 5.10 Å². The molecule has 0 saturated carbocycles. The second-order valence-corrected chi connectivity index (χ2v) is 4.09. The molecule has 1 aromatic rings. The summed E-state index contributed by atoms with van der Waals surface area (Å²) in [5.41, 5.74) is -0.791. The number of aliphatic hydroxyl groups is 1. The number of hydrogen-bond acceptors (Lipinski definition) is 4. The van der Waals surface area contributed by atoms with Crippen molar-refractivity contribution in [1.29, 1.82) is 0 Å². The maximum Gasteiger partial charge on any atom is 0.285 e. The number of nitrogens with zero attached hydrogens (tertiary/aromatic N) is 1. The summed E-state index contributed by atoms with van der Waals surface area (Å²) in [4.78, 5) is 11.2. The number of nitrogens with one attached hydrogen (secondary N) is 2. The third-order valence-corrected chi connectivity index (χ3v) is 3.09. The lowest BCUT2D eigenvalue weighted by Gasteiger charge is -2.25. The smallest absolute Gasteiger partial charge is 0.285 e. The maximum absolute atomic E-state index is 11.2. The first kappa shape index (κ1) is 13.0. The zero-order valence-corrected chi connectivity index (χ0v) is 10.1. The molecule has 1 aromatic heterocycles. The lowest BCUT2D eigenvalue weighted by molar-refractivity contribution is 0.0457.